The van der Waals surface area contributed by atoms with Crippen molar-refractivity contribution in [1.82, 2.24) is 4.90 Å². The number of benzene rings is 2. The summed E-state index contributed by atoms with van der Waals surface area (Å²) in [6.45, 7) is 1.47. The van der Waals surface area contributed by atoms with E-state index in [0.29, 0.717) is 30.4 Å². The molecule has 1 unspecified atom stereocenters. The third kappa shape index (κ3) is 6.40. The maximum Gasteiger partial charge on any atom is 0.123 e. The van der Waals surface area contributed by atoms with Crippen LogP contribution in [0.5, 0.6) is 5.75 Å². The quantitative estimate of drug-likeness (QED) is 0.584. The average Bonchev–Trinajstić information content (AvgIpc) is 3.14. The lowest BCUT2D eigenvalue weighted by molar-refractivity contribution is 0.0604. The van der Waals surface area contributed by atoms with Crippen LogP contribution in [0.15, 0.2) is 71.3 Å². The Labute approximate surface area is 162 Å². The predicted molar refractivity (Wildman–Crippen MR) is 102 cm³/mol. The van der Waals surface area contributed by atoms with E-state index in [4.69, 9.17) is 20.8 Å². The average molecular weight is 390 g/mol. The summed E-state index contributed by atoms with van der Waals surface area (Å²) in [5.74, 6) is 1.13. The molecule has 3 rings (SSSR count). The number of ether oxygens (including phenoxy) is 1. The standard InChI is InChI=1S/C21H21ClFNO3/c22-17-6-8-20(9-7-17)27-15-19(25)13-24(14-21-5-2-10-26-21)12-16-3-1-4-18(23)11-16/h1-11,19,25H,12-15H2. The lowest BCUT2D eigenvalue weighted by Gasteiger charge is -2.24. The summed E-state index contributed by atoms with van der Waals surface area (Å²) in [7, 11) is 0. The van der Waals surface area contributed by atoms with Crippen LogP contribution in [0.2, 0.25) is 5.02 Å². The Morgan fingerprint density at radius 3 is 2.59 bits per heavy atom. The van der Waals surface area contributed by atoms with Gasteiger partial charge in [0.15, 0.2) is 0 Å². The molecule has 4 nitrogen and oxygen atoms in total. The zero-order valence-electron chi connectivity index (χ0n) is 14.7. The molecule has 0 aliphatic rings. The van der Waals surface area contributed by atoms with E-state index in [0.717, 1.165) is 11.3 Å². The van der Waals surface area contributed by atoms with E-state index in [2.05, 4.69) is 0 Å². The Balaban J connectivity index is 1.60. The maximum atomic E-state index is 13.5. The van der Waals surface area contributed by atoms with Crippen molar-refractivity contribution in [3.05, 3.63) is 89.1 Å². The first-order valence-corrected chi connectivity index (χ1v) is 9.02. The van der Waals surface area contributed by atoms with Crippen molar-refractivity contribution in [2.24, 2.45) is 0 Å². The Morgan fingerprint density at radius 2 is 1.89 bits per heavy atom. The van der Waals surface area contributed by atoms with Crippen LogP contribution in [0.4, 0.5) is 4.39 Å². The van der Waals surface area contributed by atoms with Gasteiger partial charge >= 0.3 is 0 Å². The van der Waals surface area contributed by atoms with Crippen LogP contribution < -0.4 is 4.74 Å². The van der Waals surface area contributed by atoms with Crippen LogP contribution in [-0.2, 0) is 13.1 Å². The molecule has 0 aliphatic heterocycles. The predicted octanol–water partition coefficient (Wildman–Crippen LogP) is 4.51. The van der Waals surface area contributed by atoms with Crippen LogP contribution in [0.1, 0.15) is 11.3 Å². The summed E-state index contributed by atoms with van der Waals surface area (Å²) in [6, 6.07) is 17.1. The maximum absolute atomic E-state index is 13.5. The summed E-state index contributed by atoms with van der Waals surface area (Å²) >= 11 is 5.85. The van der Waals surface area contributed by atoms with Crippen molar-refractivity contribution < 1.29 is 18.7 Å². The second kappa shape index (κ2) is 9.55. The monoisotopic (exact) mass is 389 g/mol. The molecule has 0 saturated carbocycles. The fraction of sp³-hybridized carbons (Fsp3) is 0.238. The molecule has 0 saturated heterocycles. The third-order valence-corrected chi connectivity index (χ3v) is 4.23. The summed E-state index contributed by atoms with van der Waals surface area (Å²) in [5, 5.41) is 11.0. The Hall–Kier alpha value is -2.34. The van der Waals surface area contributed by atoms with E-state index in [9.17, 15) is 9.50 Å². The number of hydrogen-bond acceptors (Lipinski definition) is 4. The van der Waals surface area contributed by atoms with Gasteiger partial charge in [-0.05, 0) is 54.1 Å². The number of hydrogen-bond donors (Lipinski definition) is 1. The summed E-state index contributed by atoms with van der Waals surface area (Å²) in [6.07, 6.45) is 0.889. The number of halogens is 2. The topological polar surface area (TPSA) is 45.8 Å². The van der Waals surface area contributed by atoms with Crippen LogP contribution >= 0.6 is 11.6 Å². The van der Waals surface area contributed by atoms with E-state index in [1.807, 2.05) is 23.1 Å². The molecule has 1 atom stereocenters. The smallest absolute Gasteiger partial charge is 0.123 e. The van der Waals surface area contributed by atoms with Crippen LogP contribution in [-0.4, -0.2) is 29.3 Å². The van der Waals surface area contributed by atoms with Crippen LogP contribution in [0, 0.1) is 5.82 Å². The van der Waals surface area contributed by atoms with Gasteiger partial charge in [-0.2, -0.15) is 0 Å². The Bertz CT molecular complexity index is 824. The number of aliphatic hydroxyl groups excluding tert-OH is 1. The number of nitrogens with zero attached hydrogens (tertiary/aromatic N) is 1. The van der Waals surface area contributed by atoms with Gasteiger partial charge in [0.2, 0.25) is 0 Å². The van der Waals surface area contributed by atoms with Gasteiger partial charge < -0.3 is 14.3 Å². The van der Waals surface area contributed by atoms with Gasteiger partial charge in [-0.3, -0.25) is 4.90 Å². The van der Waals surface area contributed by atoms with E-state index in [1.165, 1.54) is 12.1 Å². The molecule has 27 heavy (non-hydrogen) atoms. The molecule has 1 aromatic heterocycles. The van der Waals surface area contributed by atoms with Crippen molar-refractivity contribution in [2.75, 3.05) is 13.2 Å². The molecule has 1 N–H and O–H groups in total. The van der Waals surface area contributed by atoms with Crippen molar-refractivity contribution in [2.45, 2.75) is 19.2 Å². The molecule has 3 aromatic rings. The molecule has 0 aliphatic carbocycles. The molecule has 0 bridgehead atoms. The lowest BCUT2D eigenvalue weighted by atomic mass is 10.2. The minimum Gasteiger partial charge on any atom is -0.491 e. The number of furan rings is 1. The van der Waals surface area contributed by atoms with Crippen LogP contribution in [0.3, 0.4) is 0 Å². The van der Waals surface area contributed by atoms with Crippen molar-refractivity contribution in [3.8, 4) is 5.75 Å². The van der Waals surface area contributed by atoms with Gasteiger partial charge in [-0.25, -0.2) is 4.39 Å². The third-order valence-electron chi connectivity index (χ3n) is 3.98. The first-order chi connectivity index (χ1) is 13.1. The molecule has 2 aromatic carbocycles. The van der Waals surface area contributed by atoms with Crippen LogP contribution in [0.25, 0.3) is 0 Å². The second-order valence-electron chi connectivity index (χ2n) is 6.30. The Morgan fingerprint density at radius 1 is 1.07 bits per heavy atom. The highest BCUT2D eigenvalue weighted by molar-refractivity contribution is 6.30. The zero-order chi connectivity index (χ0) is 19.1. The van der Waals surface area contributed by atoms with Gasteiger partial charge in [0.1, 0.15) is 30.0 Å². The molecule has 1 heterocycles. The fourth-order valence-corrected chi connectivity index (χ4v) is 2.90. The minimum atomic E-state index is -0.718. The number of aliphatic hydroxyl groups is 1. The highest BCUT2D eigenvalue weighted by Crippen LogP contribution is 2.16. The normalized spacial score (nSPS) is 12.3. The van der Waals surface area contributed by atoms with Gasteiger partial charge in [-0.1, -0.05) is 23.7 Å². The van der Waals surface area contributed by atoms with Crippen molar-refractivity contribution in [3.63, 3.8) is 0 Å². The second-order valence-corrected chi connectivity index (χ2v) is 6.73. The van der Waals surface area contributed by atoms with Gasteiger partial charge in [0.25, 0.3) is 0 Å². The van der Waals surface area contributed by atoms with Gasteiger partial charge in [0.05, 0.1) is 12.8 Å². The first-order valence-electron chi connectivity index (χ1n) is 8.64. The Kier molecular flexibility index (Phi) is 6.87. The summed E-state index contributed by atoms with van der Waals surface area (Å²) < 4.78 is 24.5. The van der Waals surface area contributed by atoms with E-state index in [1.54, 1.807) is 36.6 Å². The first kappa shape index (κ1) is 19.4. The number of rotatable bonds is 9. The van der Waals surface area contributed by atoms with E-state index < -0.39 is 6.10 Å². The molecule has 142 valence electrons. The molecule has 0 spiro atoms. The summed E-state index contributed by atoms with van der Waals surface area (Å²) in [5.41, 5.74) is 0.826. The molecule has 0 amide bonds. The van der Waals surface area contributed by atoms with E-state index in [-0.39, 0.29) is 12.4 Å². The van der Waals surface area contributed by atoms with Crippen molar-refractivity contribution >= 4 is 11.6 Å². The largest absolute Gasteiger partial charge is 0.491 e. The minimum absolute atomic E-state index is 0.138. The highest BCUT2D eigenvalue weighted by Gasteiger charge is 2.15. The van der Waals surface area contributed by atoms with Gasteiger partial charge in [-0.15, -0.1) is 0 Å². The molecule has 0 fully saturated rings. The molecular weight excluding hydrogens is 369 g/mol. The summed E-state index contributed by atoms with van der Waals surface area (Å²) in [4.78, 5) is 1.99. The van der Waals surface area contributed by atoms with Crippen molar-refractivity contribution in [1.29, 1.82) is 0 Å². The molecular formula is C21H21ClFNO3. The lowest BCUT2D eigenvalue weighted by Crippen LogP contribution is -2.35. The van der Waals surface area contributed by atoms with E-state index >= 15 is 0 Å². The highest BCUT2D eigenvalue weighted by atomic mass is 35.5. The molecule has 6 heteroatoms. The zero-order valence-corrected chi connectivity index (χ0v) is 15.5. The molecule has 0 radical (unpaired) electrons. The SMILES string of the molecule is OC(COc1ccc(Cl)cc1)CN(Cc1cccc(F)c1)Cc1ccco1. The van der Waals surface area contributed by atoms with Gasteiger partial charge in [0, 0.05) is 18.1 Å². The fourth-order valence-electron chi connectivity index (χ4n) is 2.78.